The molecule has 2 aliphatic rings. The molecule has 35 heavy (non-hydrogen) atoms. The van der Waals surface area contributed by atoms with E-state index >= 15 is 0 Å². The van der Waals surface area contributed by atoms with Gasteiger partial charge in [0.15, 0.2) is 6.61 Å². The van der Waals surface area contributed by atoms with Gasteiger partial charge in [0.2, 0.25) is 0 Å². The Hall–Kier alpha value is -3.65. The van der Waals surface area contributed by atoms with E-state index in [0.29, 0.717) is 33.2 Å². The highest BCUT2D eigenvalue weighted by molar-refractivity contribution is 7.17. The van der Waals surface area contributed by atoms with Gasteiger partial charge in [0, 0.05) is 16.0 Å². The van der Waals surface area contributed by atoms with Crippen LogP contribution in [0.4, 0.5) is 5.00 Å². The number of carbonyl (C=O) groups excluding carboxylic acids is 3. The summed E-state index contributed by atoms with van der Waals surface area (Å²) in [6.07, 6.45) is 4.80. The predicted molar refractivity (Wildman–Crippen MR) is 131 cm³/mol. The van der Waals surface area contributed by atoms with Crippen LogP contribution in [0.3, 0.4) is 0 Å². The van der Waals surface area contributed by atoms with E-state index in [1.54, 1.807) is 12.1 Å². The molecule has 0 saturated heterocycles. The summed E-state index contributed by atoms with van der Waals surface area (Å²) in [6.45, 7) is -0.469. The van der Waals surface area contributed by atoms with Gasteiger partial charge in [-0.2, -0.15) is 0 Å². The van der Waals surface area contributed by atoms with Gasteiger partial charge in [-0.3, -0.25) is 9.59 Å². The zero-order valence-corrected chi connectivity index (χ0v) is 20.1. The Labute approximate surface area is 207 Å². The van der Waals surface area contributed by atoms with Crippen molar-refractivity contribution in [3.63, 3.8) is 0 Å². The second kappa shape index (κ2) is 9.92. The minimum absolute atomic E-state index is 0.418. The monoisotopic (exact) mass is 491 g/mol. The smallest absolute Gasteiger partial charge is 0.341 e. The fourth-order valence-corrected chi connectivity index (χ4v) is 5.99. The van der Waals surface area contributed by atoms with Crippen LogP contribution in [0.25, 0.3) is 0 Å². The molecule has 1 N–H and O–H groups in total. The molecule has 3 aromatic rings. The number of thiophene rings is 1. The maximum Gasteiger partial charge on any atom is 0.341 e. The standard InChI is InChI=1S/C27H25NO6S/c1-32-26(30)24-18-11-3-2-4-14-21(18)35-25(24)28-22(29)15-33-27(31)23-16-9-5-7-12-19(16)34-20-13-8-6-10-17(20)23/h5-10,12-13,23H,2-4,11,14-15H2,1H3,(H,28,29). The number of benzene rings is 2. The molecule has 7 nitrogen and oxygen atoms in total. The number of para-hydroxylation sites is 2. The number of amides is 1. The lowest BCUT2D eigenvalue weighted by atomic mass is 9.88. The van der Waals surface area contributed by atoms with E-state index < -0.39 is 30.4 Å². The van der Waals surface area contributed by atoms with Crippen LogP contribution in [0.15, 0.2) is 48.5 Å². The second-order valence-corrected chi connectivity index (χ2v) is 9.63. The molecule has 0 atom stereocenters. The minimum Gasteiger partial charge on any atom is -0.465 e. The molecule has 0 fully saturated rings. The molecule has 1 aliphatic carbocycles. The largest absolute Gasteiger partial charge is 0.465 e. The third-order valence-corrected chi connectivity index (χ3v) is 7.53. The molecule has 1 amide bonds. The van der Waals surface area contributed by atoms with Crippen LogP contribution in [-0.2, 0) is 31.9 Å². The number of hydrogen-bond donors (Lipinski definition) is 1. The second-order valence-electron chi connectivity index (χ2n) is 8.53. The number of carbonyl (C=O) groups is 3. The molecule has 0 saturated carbocycles. The Bertz CT molecular complexity index is 1250. The van der Waals surface area contributed by atoms with Gasteiger partial charge in [-0.15, -0.1) is 11.3 Å². The maximum absolute atomic E-state index is 13.2. The summed E-state index contributed by atoms with van der Waals surface area (Å²) in [4.78, 5) is 39.6. The summed E-state index contributed by atoms with van der Waals surface area (Å²) in [6, 6.07) is 14.6. The van der Waals surface area contributed by atoms with Crippen molar-refractivity contribution in [1.82, 2.24) is 0 Å². The summed E-state index contributed by atoms with van der Waals surface area (Å²) in [5.41, 5.74) is 2.75. The number of fused-ring (bicyclic) bond motifs is 3. The van der Waals surface area contributed by atoms with Crippen LogP contribution < -0.4 is 10.1 Å². The van der Waals surface area contributed by atoms with Crippen molar-refractivity contribution >= 4 is 34.2 Å². The molecule has 1 aromatic heterocycles. The number of rotatable bonds is 5. The van der Waals surface area contributed by atoms with Gasteiger partial charge in [0.25, 0.3) is 5.91 Å². The third-order valence-electron chi connectivity index (χ3n) is 6.32. The normalized spacial score (nSPS) is 14.4. The Kier molecular flexibility index (Phi) is 6.55. The first-order valence-electron chi connectivity index (χ1n) is 11.6. The van der Waals surface area contributed by atoms with Gasteiger partial charge < -0.3 is 19.5 Å². The first kappa shape index (κ1) is 23.1. The highest BCUT2D eigenvalue weighted by Crippen LogP contribution is 2.44. The molecular formula is C27H25NO6S. The van der Waals surface area contributed by atoms with Crippen LogP contribution in [0.1, 0.15) is 57.1 Å². The number of aryl methyl sites for hydroxylation is 1. The van der Waals surface area contributed by atoms with Crippen LogP contribution in [0.5, 0.6) is 11.5 Å². The fourth-order valence-electron chi connectivity index (χ4n) is 4.70. The SMILES string of the molecule is COC(=O)c1c(NC(=O)COC(=O)C2c3ccccc3Oc3ccccc32)sc2c1CCCCC2. The zero-order valence-electron chi connectivity index (χ0n) is 19.3. The van der Waals surface area contributed by atoms with Crippen LogP contribution in [0.2, 0.25) is 0 Å². The van der Waals surface area contributed by atoms with Crippen LogP contribution in [-0.4, -0.2) is 31.6 Å². The fraction of sp³-hybridized carbons (Fsp3) is 0.296. The first-order valence-corrected chi connectivity index (χ1v) is 12.4. The molecule has 1 aliphatic heterocycles. The van der Waals surface area contributed by atoms with E-state index in [1.165, 1.54) is 18.4 Å². The van der Waals surface area contributed by atoms with E-state index in [1.807, 2.05) is 36.4 Å². The molecular weight excluding hydrogens is 466 g/mol. The van der Waals surface area contributed by atoms with Crippen molar-refractivity contribution in [2.75, 3.05) is 19.0 Å². The van der Waals surface area contributed by atoms with Gasteiger partial charge in [-0.1, -0.05) is 42.8 Å². The predicted octanol–water partition coefficient (Wildman–Crippen LogP) is 5.22. The molecule has 2 aromatic carbocycles. The zero-order chi connectivity index (χ0) is 24.4. The van der Waals surface area contributed by atoms with E-state index in [4.69, 9.17) is 14.2 Å². The van der Waals surface area contributed by atoms with Crippen molar-refractivity contribution in [3.8, 4) is 11.5 Å². The lowest BCUT2D eigenvalue weighted by molar-refractivity contribution is -0.148. The summed E-state index contributed by atoms with van der Waals surface area (Å²) >= 11 is 1.40. The first-order chi connectivity index (χ1) is 17.1. The van der Waals surface area contributed by atoms with Crippen LogP contribution in [0, 0.1) is 0 Å². The topological polar surface area (TPSA) is 90.9 Å². The molecule has 2 heterocycles. The van der Waals surface area contributed by atoms with Crippen molar-refractivity contribution in [2.24, 2.45) is 0 Å². The number of anilines is 1. The van der Waals surface area contributed by atoms with Gasteiger partial charge in [-0.25, -0.2) is 4.79 Å². The van der Waals surface area contributed by atoms with E-state index in [2.05, 4.69) is 5.32 Å². The quantitative estimate of drug-likeness (QED) is 0.389. The lowest BCUT2D eigenvalue weighted by Crippen LogP contribution is -2.26. The Morgan fingerprint density at radius 1 is 0.971 bits per heavy atom. The van der Waals surface area contributed by atoms with E-state index in [9.17, 15) is 14.4 Å². The molecule has 0 spiro atoms. The molecule has 8 heteroatoms. The Morgan fingerprint density at radius 2 is 1.63 bits per heavy atom. The summed E-state index contributed by atoms with van der Waals surface area (Å²) < 4.78 is 16.4. The van der Waals surface area contributed by atoms with Gasteiger partial charge in [0.1, 0.15) is 22.4 Å². The summed E-state index contributed by atoms with van der Waals surface area (Å²) in [5, 5.41) is 3.23. The number of ether oxygens (including phenoxy) is 3. The maximum atomic E-state index is 13.2. The lowest BCUT2D eigenvalue weighted by Gasteiger charge is -2.26. The molecule has 5 rings (SSSR count). The van der Waals surface area contributed by atoms with Crippen molar-refractivity contribution in [1.29, 1.82) is 0 Å². The summed E-state index contributed by atoms with van der Waals surface area (Å²) in [7, 11) is 1.33. The van der Waals surface area contributed by atoms with E-state index in [-0.39, 0.29) is 0 Å². The van der Waals surface area contributed by atoms with Gasteiger partial charge in [0.05, 0.1) is 12.7 Å². The molecule has 0 bridgehead atoms. The Balaban J connectivity index is 1.33. The van der Waals surface area contributed by atoms with Crippen molar-refractivity contribution < 1.29 is 28.6 Å². The average molecular weight is 492 g/mol. The third kappa shape index (κ3) is 4.53. The Morgan fingerprint density at radius 3 is 2.31 bits per heavy atom. The van der Waals surface area contributed by atoms with Crippen LogP contribution >= 0.6 is 11.3 Å². The highest BCUT2D eigenvalue weighted by Gasteiger charge is 2.34. The molecule has 0 unspecified atom stereocenters. The van der Waals surface area contributed by atoms with Crippen molar-refractivity contribution in [2.45, 2.75) is 38.0 Å². The summed E-state index contributed by atoms with van der Waals surface area (Å²) in [5.74, 6) is -1.05. The molecule has 180 valence electrons. The van der Waals surface area contributed by atoms with Gasteiger partial charge in [-0.05, 0) is 43.4 Å². The molecule has 0 radical (unpaired) electrons. The average Bonchev–Trinajstić information content (AvgIpc) is 3.04. The number of esters is 2. The van der Waals surface area contributed by atoms with Gasteiger partial charge >= 0.3 is 11.9 Å². The number of hydrogen-bond acceptors (Lipinski definition) is 7. The van der Waals surface area contributed by atoms with Crippen molar-refractivity contribution in [3.05, 3.63) is 75.7 Å². The van der Waals surface area contributed by atoms with E-state index in [0.717, 1.165) is 42.5 Å². The number of methoxy groups -OCH3 is 1. The highest BCUT2D eigenvalue weighted by atomic mass is 32.1. The number of nitrogens with one attached hydrogen (secondary N) is 1. The minimum atomic E-state index is -0.701.